The van der Waals surface area contributed by atoms with Gasteiger partial charge in [0.1, 0.15) is 12.1 Å². The number of carboxylic acid groups (broad SMARTS) is 5. The van der Waals surface area contributed by atoms with Crippen LogP contribution in [0.15, 0.2) is 0 Å². The van der Waals surface area contributed by atoms with E-state index >= 15 is 0 Å². The summed E-state index contributed by atoms with van der Waals surface area (Å²) in [7, 11) is 0. The van der Waals surface area contributed by atoms with E-state index in [1.807, 2.05) is 0 Å². The van der Waals surface area contributed by atoms with E-state index in [0.717, 1.165) is 37.2 Å². The monoisotopic (exact) mass is 1100 g/mol. The molecule has 29 heteroatoms. The molecule has 4 rings (SSSR count). The summed E-state index contributed by atoms with van der Waals surface area (Å²) in [5.74, 6) is -6.76. The van der Waals surface area contributed by atoms with Crippen molar-refractivity contribution in [1.29, 1.82) is 0 Å². The third-order valence-corrected chi connectivity index (χ3v) is 16.2. The largest absolute Gasteiger partial charge is 0.480 e. The summed E-state index contributed by atoms with van der Waals surface area (Å²) >= 11 is 3.61. The van der Waals surface area contributed by atoms with Crippen LogP contribution in [-0.4, -0.2) is 236 Å². The predicted molar refractivity (Wildman–Crippen MR) is 273 cm³/mol. The van der Waals surface area contributed by atoms with Crippen molar-refractivity contribution in [3.05, 3.63) is 0 Å². The molecule has 13 N–H and O–H groups in total. The fourth-order valence-corrected chi connectivity index (χ4v) is 12.5. The molecule has 27 nitrogen and oxygen atoms in total. The molecular formula is C46H75N11O16S2. The van der Waals surface area contributed by atoms with Gasteiger partial charge in [0, 0.05) is 74.1 Å². The second-order valence-corrected chi connectivity index (χ2v) is 21.8. The van der Waals surface area contributed by atoms with Gasteiger partial charge in [0.15, 0.2) is 0 Å². The highest BCUT2D eigenvalue weighted by Crippen LogP contribution is 2.34. The van der Waals surface area contributed by atoms with Gasteiger partial charge in [-0.25, -0.2) is 19.2 Å². The van der Waals surface area contributed by atoms with Gasteiger partial charge in [0.2, 0.25) is 23.6 Å². The molecule has 0 radical (unpaired) electrons. The molecule has 0 aromatic rings. The number of rotatable bonds is 40. The number of aliphatic carboxylic acids is 5. The van der Waals surface area contributed by atoms with E-state index in [4.69, 9.17) is 0 Å². The van der Waals surface area contributed by atoms with Crippen molar-refractivity contribution in [2.45, 2.75) is 137 Å². The van der Waals surface area contributed by atoms with Gasteiger partial charge in [0.25, 0.3) is 0 Å². The van der Waals surface area contributed by atoms with Crippen LogP contribution in [0.4, 0.5) is 9.59 Å². The Bertz CT molecular complexity index is 1860. The van der Waals surface area contributed by atoms with Crippen LogP contribution in [0.3, 0.4) is 0 Å². The van der Waals surface area contributed by atoms with Crippen molar-refractivity contribution >= 4 is 89.1 Å². The summed E-state index contributed by atoms with van der Waals surface area (Å²) in [6, 6.07) is -2.46. The lowest BCUT2D eigenvalue weighted by Gasteiger charge is -2.28. The van der Waals surface area contributed by atoms with Gasteiger partial charge in [-0.05, 0) is 64.2 Å². The van der Waals surface area contributed by atoms with Gasteiger partial charge < -0.3 is 68.1 Å². The lowest BCUT2D eigenvalue weighted by molar-refractivity contribution is -0.143. The van der Waals surface area contributed by atoms with Crippen molar-refractivity contribution in [2.24, 2.45) is 0 Å². The number of carbonyl (C=O) groups is 11. The molecule has 4 aliphatic rings. The molecule has 0 aromatic heterocycles. The third-order valence-electron chi connectivity index (χ3n) is 13.2. The molecule has 4 heterocycles. The molecule has 0 spiro atoms. The van der Waals surface area contributed by atoms with E-state index in [9.17, 15) is 78.3 Å². The molecule has 8 unspecified atom stereocenters. The van der Waals surface area contributed by atoms with E-state index in [2.05, 4.69) is 42.5 Å². The minimum Gasteiger partial charge on any atom is -0.480 e. The molecule has 0 bridgehead atoms. The summed E-state index contributed by atoms with van der Waals surface area (Å²) in [6.07, 6.45) is 6.95. The lowest BCUT2D eigenvalue weighted by Crippen LogP contribution is -2.50. The van der Waals surface area contributed by atoms with Crippen LogP contribution in [0.1, 0.15) is 89.9 Å². The third kappa shape index (κ3) is 23.8. The number of carbonyl (C=O) groups excluding carboxylic acids is 6. The predicted octanol–water partition coefficient (Wildman–Crippen LogP) is -1.69. The molecule has 8 atom stereocenters. The van der Waals surface area contributed by atoms with Crippen LogP contribution < -0.4 is 42.5 Å². The molecule has 4 fully saturated rings. The molecule has 4 saturated heterocycles. The molecule has 0 aromatic carbocycles. The van der Waals surface area contributed by atoms with Crippen LogP contribution in [0.25, 0.3) is 0 Å². The molecule has 0 saturated carbocycles. The summed E-state index contributed by atoms with van der Waals surface area (Å²) in [6.45, 7) is -3.14. The van der Waals surface area contributed by atoms with E-state index in [1.165, 1.54) is 14.7 Å². The Labute approximate surface area is 443 Å². The van der Waals surface area contributed by atoms with Gasteiger partial charge in [0.05, 0.1) is 56.9 Å². The van der Waals surface area contributed by atoms with Crippen molar-refractivity contribution in [3.63, 3.8) is 0 Å². The zero-order valence-electron chi connectivity index (χ0n) is 42.1. The fraction of sp³-hybridized carbons (Fsp3) is 0.761. The Morgan fingerprint density at radius 2 is 0.853 bits per heavy atom. The van der Waals surface area contributed by atoms with E-state index in [1.54, 1.807) is 23.5 Å². The number of thioether (sulfide) groups is 2. The smallest absolute Gasteiger partial charge is 0.326 e. The highest BCUT2D eigenvalue weighted by Gasteiger charge is 2.43. The normalized spacial score (nSPS) is 21.3. The minimum absolute atomic E-state index is 0.0174. The second-order valence-electron chi connectivity index (χ2n) is 19.2. The molecule has 75 heavy (non-hydrogen) atoms. The van der Waals surface area contributed by atoms with Gasteiger partial charge >= 0.3 is 41.9 Å². The van der Waals surface area contributed by atoms with Crippen LogP contribution in [0, 0.1) is 0 Å². The SMILES string of the molecule is O=C(O)CN(CCN(CC(=O)O)CC(=O)NC(CCCCNC(=O)CCCCC1SCC2NC(=O)NC21)C(=O)O)CCN(CC(=O)O)CC(=O)NC(CCCCNC(=O)CCCCC1SCC2NC(=O)NC21)C(=O)O. The van der Waals surface area contributed by atoms with Crippen LogP contribution in [0.2, 0.25) is 0 Å². The lowest BCUT2D eigenvalue weighted by atomic mass is 10.0. The van der Waals surface area contributed by atoms with Crippen LogP contribution >= 0.6 is 23.5 Å². The Hall–Kier alpha value is -5.65. The van der Waals surface area contributed by atoms with Crippen LogP contribution in [-0.2, 0) is 43.2 Å². The van der Waals surface area contributed by atoms with Gasteiger partial charge in [-0.2, -0.15) is 23.5 Å². The van der Waals surface area contributed by atoms with Crippen molar-refractivity contribution in [2.75, 3.05) is 83.5 Å². The molecule has 0 aliphatic carbocycles. The Kier molecular flexibility index (Phi) is 27.0. The van der Waals surface area contributed by atoms with E-state index in [-0.39, 0.29) is 87.1 Å². The van der Waals surface area contributed by atoms with E-state index in [0.29, 0.717) is 75.0 Å². The maximum atomic E-state index is 13.0. The average Bonchev–Trinajstić information content (AvgIpc) is 4.10. The van der Waals surface area contributed by atoms with E-state index < -0.39 is 86.5 Å². The summed E-state index contributed by atoms with van der Waals surface area (Å²) in [5.41, 5.74) is 0. The Morgan fingerprint density at radius 3 is 1.23 bits per heavy atom. The highest BCUT2D eigenvalue weighted by molar-refractivity contribution is 8.00. The Balaban J connectivity index is 1.12. The number of nitrogens with zero attached hydrogens (tertiary/aromatic N) is 3. The average molecular weight is 1100 g/mol. The first-order chi connectivity index (χ1) is 35.8. The number of unbranched alkanes of at least 4 members (excludes halogenated alkanes) is 4. The quantitative estimate of drug-likeness (QED) is 0.0240. The maximum absolute atomic E-state index is 13.0. The minimum atomic E-state index is -1.33. The summed E-state index contributed by atoms with van der Waals surface area (Å²) in [5, 5.41) is 71.0. The number of urea groups is 2. The number of hydrogen-bond acceptors (Lipinski definition) is 16. The molecular weight excluding hydrogens is 1030 g/mol. The first-order valence-electron chi connectivity index (χ1n) is 25.5. The topological polar surface area (TPSA) is 395 Å². The van der Waals surface area contributed by atoms with Crippen molar-refractivity contribution < 1.29 is 78.3 Å². The highest BCUT2D eigenvalue weighted by atomic mass is 32.2. The van der Waals surface area contributed by atoms with Gasteiger partial charge in [-0.3, -0.25) is 48.3 Å². The molecule has 422 valence electrons. The second kappa shape index (κ2) is 32.7. The number of carboxylic acids is 5. The number of nitrogens with one attached hydrogen (secondary N) is 8. The summed E-state index contributed by atoms with van der Waals surface area (Å²) in [4.78, 5) is 137. The first-order valence-corrected chi connectivity index (χ1v) is 27.6. The van der Waals surface area contributed by atoms with Crippen molar-refractivity contribution in [1.82, 2.24) is 57.2 Å². The molecule has 8 amide bonds. The zero-order valence-corrected chi connectivity index (χ0v) is 43.7. The molecule has 4 aliphatic heterocycles. The van der Waals surface area contributed by atoms with Crippen LogP contribution in [0.5, 0.6) is 0 Å². The number of amides is 8. The van der Waals surface area contributed by atoms with Crippen molar-refractivity contribution in [3.8, 4) is 0 Å². The fourth-order valence-electron chi connectivity index (χ4n) is 9.37. The maximum Gasteiger partial charge on any atom is 0.326 e. The van der Waals surface area contributed by atoms with Gasteiger partial charge in [-0.15, -0.1) is 0 Å². The Morgan fingerprint density at radius 1 is 0.480 bits per heavy atom. The van der Waals surface area contributed by atoms with Gasteiger partial charge in [-0.1, -0.05) is 12.8 Å². The zero-order chi connectivity index (χ0) is 54.9. The number of hydrogen-bond donors (Lipinski definition) is 13. The first kappa shape index (κ1) is 61.9. The number of fused-ring (bicyclic) bond motifs is 2. The standard InChI is InChI=1S/C46H75N11O16S2/c58-34(13-3-1-11-32-41-30(26-74-32)51-45(72)53-41)47-15-7-5-9-28(43(68)69)49-36(60)21-56(24-39(64)65)19-17-55(23-38(62)63)18-20-57(25-40(66)67)22-37(61)50-29(44(70)71)10-6-8-16-48-35(59)14-4-2-12-33-42-31(27-75-33)52-46(73)54-42/h28-33,41-42H,1-27H2,(H,47,58)(H,48,59)(H,49,60)(H,50,61)(H,62,63)(H,64,65)(H,66,67)(H,68,69)(H,70,71)(H2,51,53,72)(H2,52,54,73). The summed E-state index contributed by atoms with van der Waals surface area (Å²) < 4.78 is 0.